The Bertz CT molecular complexity index is 1250. The third kappa shape index (κ3) is 11.9. The fourth-order valence-electron chi connectivity index (χ4n) is 4.26. The SMILES string of the molecule is C[N+](C)(C)C.C[N+](C)(C)C.[O-]B([O-])OC#CC(c1ccccc1)(c1ccccc1)C(c1ccccc1)c1ccccc1. The summed E-state index contributed by atoms with van der Waals surface area (Å²) in [5.74, 6) is 2.99. The van der Waals surface area contributed by atoms with Gasteiger partial charge in [-0.3, -0.25) is 0 Å². The number of hydrogen-bond acceptors (Lipinski definition) is 3. The van der Waals surface area contributed by atoms with Crippen molar-refractivity contribution in [1.29, 1.82) is 0 Å². The third-order valence-electron chi connectivity index (χ3n) is 5.56. The van der Waals surface area contributed by atoms with Crippen LogP contribution in [0.1, 0.15) is 28.2 Å². The van der Waals surface area contributed by atoms with E-state index >= 15 is 0 Å². The molecule has 0 atom stereocenters. The van der Waals surface area contributed by atoms with Crippen molar-refractivity contribution in [2.24, 2.45) is 0 Å². The van der Waals surface area contributed by atoms with Gasteiger partial charge in [0, 0.05) is 5.92 Å². The van der Waals surface area contributed by atoms with Crippen molar-refractivity contribution in [2.45, 2.75) is 11.3 Å². The van der Waals surface area contributed by atoms with Crippen LogP contribution in [0.4, 0.5) is 0 Å². The molecule has 0 spiro atoms. The molecule has 220 valence electrons. The van der Waals surface area contributed by atoms with Gasteiger partial charge in [-0.05, 0) is 28.2 Å². The monoisotopic (exact) mass is 564 g/mol. The smallest absolute Gasteiger partial charge is 0.150 e. The normalized spacial score (nSPS) is 11.1. The first-order valence-corrected chi connectivity index (χ1v) is 14.0. The standard InChI is InChI=1S/C28H21BO3.2C4H12N/c30-29(31)32-22-21-28(25-17-9-3-10-18-25,26-19-11-4-12-20-26)27(23-13-5-1-6-14-23)24-15-7-2-8-16-24;2*1-5(2,3)4/h1-20,27H;2*1-4H3/q-2;2*+1. The summed E-state index contributed by atoms with van der Waals surface area (Å²) in [5, 5.41) is 22.2. The molecule has 0 aliphatic rings. The summed E-state index contributed by atoms with van der Waals surface area (Å²) in [6.07, 6.45) is 2.47. The van der Waals surface area contributed by atoms with Crippen molar-refractivity contribution in [3.8, 4) is 12.0 Å². The van der Waals surface area contributed by atoms with E-state index in [2.05, 4.69) is 92.7 Å². The second kappa shape index (κ2) is 16.0. The highest BCUT2D eigenvalue weighted by Gasteiger charge is 2.43. The summed E-state index contributed by atoms with van der Waals surface area (Å²) < 4.78 is 6.69. The van der Waals surface area contributed by atoms with Crippen LogP contribution in [-0.4, -0.2) is 72.7 Å². The molecule has 0 unspecified atom stereocenters. The zero-order valence-electron chi connectivity index (χ0n) is 26.3. The van der Waals surface area contributed by atoms with Crippen LogP contribution in [-0.2, 0) is 10.1 Å². The van der Waals surface area contributed by atoms with Crippen LogP contribution in [0.15, 0.2) is 121 Å². The number of nitrogens with zero attached hydrogens (tertiary/aromatic N) is 2. The molecule has 6 heteroatoms. The quantitative estimate of drug-likeness (QED) is 0.201. The van der Waals surface area contributed by atoms with E-state index in [0.29, 0.717) is 0 Å². The summed E-state index contributed by atoms with van der Waals surface area (Å²) in [5.41, 5.74) is 3.07. The van der Waals surface area contributed by atoms with Crippen LogP contribution in [0, 0.1) is 12.0 Å². The van der Waals surface area contributed by atoms with Gasteiger partial charge in [-0.1, -0.05) is 121 Å². The molecule has 4 aromatic carbocycles. The second-order valence-electron chi connectivity index (χ2n) is 12.8. The van der Waals surface area contributed by atoms with E-state index in [-0.39, 0.29) is 5.92 Å². The molecule has 5 nitrogen and oxygen atoms in total. The maximum atomic E-state index is 11.1. The van der Waals surface area contributed by atoms with Crippen molar-refractivity contribution in [3.05, 3.63) is 144 Å². The molecule has 4 rings (SSSR count). The van der Waals surface area contributed by atoms with Crippen LogP contribution in [0.5, 0.6) is 0 Å². The second-order valence-corrected chi connectivity index (χ2v) is 12.8. The van der Waals surface area contributed by atoms with Crippen LogP contribution in [0.25, 0.3) is 0 Å². The number of benzene rings is 4. The van der Waals surface area contributed by atoms with Crippen molar-refractivity contribution in [3.63, 3.8) is 0 Å². The van der Waals surface area contributed by atoms with Gasteiger partial charge in [-0.2, -0.15) is 0 Å². The molecule has 42 heavy (non-hydrogen) atoms. The maximum Gasteiger partial charge on any atom is 0.150 e. The average Bonchev–Trinajstić information content (AvgIpc) is 2.92. The van der Waals surface area contributed by atoms with E-state index in [1.54, 1.807) is 0 Å². The number of quaternary nitrogens is 2. The molecule has 0 saturated carbocycles. The first-order valence-electron chi connectivity index (χ1n) is 14.0. The van der Waals surface area contributed by atoms with E-state index < -0.39 is 12.7 Å². The summed E-state index contributed by atoms with van der Waals surface area (Å²) in [6, 6.07) is 40.1. The number of rotatable bonds is 6. The molecule has 0 N–H and O–H groups in total. The van der Waals surface area contributed by atoms with E-state index in [0.717, 1.165) is 31.2 Å². The van der Waals surface area contributed by atoms with Crippen LogP contribution in [0.3, 0.4) is 0 Å². The molecule has 0 amide bonds. The maximum absolute atomic E-state index is 11.1. The van der Waals surface area contributed by atoms with Crippen molar-refractivity contribution >= 4 is 7.32 Å². The van der Waals surface area contributed by atoms with Gasteiger partial charge in [0.15, 0.2) is 7.32 Å². The summed E-state index contributed by atoms with van der Waals surface area (Å²) in [6.45, 7) is 0. The van der Waals surface area contributed by atoms with E-state index in [1.165, 1.54) is 0 Å². The van der Waals surface area contributed by atoms with Crippen molar-refractivity contribution < 1.29 is 23.7 Å². The molecule has 0 aromatic heterocycles. The lowest BCUT2D eigenvalue weighted by Crippen LogP contribution is -2.46. The van der Waals surface area contributed by atoms with E-state index in [9.17, 15) is 10.0 Å². The Balaban J connectivity index is 0.000000533. The minimum atomic E-state index is -2.47. The average molecular weight is 565 g/mol. The molecule has 4 aromatic rings. The van der Waals surface area contributed by atoms with E-state index in [4.69, 9.17) is 4.65 Å². The van der Waals surface area contributed by atoms with Gasteiger partial charge < -0.3 is 23.7 Å². The molecule has 0 radical (unpaired) electrons. The highest BCUT2D eigenvalue weighted by Crippen LogP contribution is 2.48. The Hall–Kier alpha value is -3.86. The fraction of sp³-hybridized carbons (Fsp3) is 0.278. The lowest BCUT2D eigenvalue weighted by molar-refractivity contribution is -0.849. The van der Waals surface area contributed by atoms with Gasteiger partial charge in [0.1, 0.15) is 0 Å². The Morgan fingerprint density at radius 3 is 1.12 bits per heavy atom. The highest BCUT2D eigenvalue weighted by atomic mass is 16.6. The van der Waals surface area contributed by atoms with Gasteiger partial charge in [0.25, 0.3) is 0 Å². The first kappa shape index (κ1) is 34.3. The zero-order chi connectivity index (χ0) is 31.2. The van der Waals surface area contributed by atoms with Crippen molar-refractivity contribution in [2.75, 3.05) is 56.4 Å². The minimum Gasteiger partial charge on any atom is -0.859 e. The zero-order valence-corrected chi connectivity index (χ0v) is 26.3. The lowest BCUT2D eigenvalue weighted by Gasteiger charge is -2.39. The van der Waals surface area contributed by atoms with Gasteiger partial charge >= 0.3 is 0 Å². The Labute approximate surface area is 254 Å². The molecule has 0 saturated heterocycles. The van der Waals surface area contributed by atoms with Crippen molar-refractivity contribution in [1.82, 2.24) is 0 Å². The topological polar surface area (TPSA) is 55.3 Å². The van der Waals surface area contributed by atoms with Crippen LogP contribution >= 0.6 is 0 Å². The van der Waals surface area contributed by atoms with Crippen LogP contribution < -0.4 is 10.0 Å². The predicted octanol–water partition coefficient (Wildman–Crippen LogP) is 4.13. The minimum absolute atomic E-state index is 0.234. The molecule has 0 aliphatic carbocycles. The molecule has 0 bridgehead atoms. The van der Waals surface area contributed by atoms with Gasteiger partial charge in [0.2, 0.25) is 0 Å². The fourth-order valence-corrected chi connectivity index (χ4v) is 4.26. The van der Waals surface area contributed by atoms with Gasteiger partial charge in [-0.15, -0.1) is 0 Å². The Morgan fingerprint density at radius 1 is 0.548 bits per heavy atom. The molecule has 0 heterocycles. The lowest BCUT2D eigenvalue weighted by atomic mass is 9.62. The number of hydrogen-bond donors (Lipinski definition) is 0. The first-order chi connectivity index (χ1) is 19.7. The van der Waals surface area contributed by atoms with Crippen LogP contribution in [0.2, 0.25) is 0 Å². The van der Waals surface area contributed by atoms with Gasteiger partial charge in [-0.25, -0.2) is 0 Å². The Morgan fingerprint density at radius 2 is 0.833 bits per heavy atom. The third-order valence-corrected chi connectivity index (χ3v) is 5.56. The Kier molecular flexibility index (Phi) is 13.1. The highest BCUT2D eigenvalue weighted by molar-refractivity contribution is 6.28. The molecular weight excluding hydrogens is 519 g/mol. The molecule has 0 aliphatic heterocycles. The molecular formula is C36H45BN2O3. The summed E-state index contributed by atoms with van der Waals surface area (Å²) >= 11 is 0. The largest absolute Gasteiger partial charge is 0.859 e. The molecule has 0 fully saturated rings. The van der Waals surface area contributed by atoms with E-state index in [1.807, 2.05) is 97.1 Å². The summed E-state index contributed by atoms with van der Waals surface area (Å²) in [4.78, 5) is 0. The summed E-state index contributed by atoms with van der Waals surface area (Å²) in [7, 11) is 14.5. The predicted molar refractivity (Wildman–Crippen MR) is 171 cm³/mol. The van der Waals surface area contributed by atoms with Gasteiger partial charge in [0.05, 0.1) is 67.9 Å².